The molecular weight excluding hydrogens is 230 g/mol. The molecule has 0 aliphatic rings. The summed E-state index contributed by atoms with van der Waals surface area (Å²) in [5.74, 6) is 0. The number of ether oxygens (including phenoxy) is 1. The minimum atomic E-state index is 0.239. The third-order valence-electron chi connectivity index (χ3n) is 2.97. The van der Waals surface area contributed by atoms with Crippen LogP contribution in [0.2, 0.25) is 0 Å². The molecule has 92 valence electrons. The fourth-order valence-corrected chi connectivity index (χ4v) is 3.04. The second kappa shape index (κ2) is 6.15. The van der Waals surface area contributed by atoms with Gasteiger partial charge in [0.2, 0.25) is 0 Å². The van der Waals surface area contributed by atoms with Crippen molar-refractivity contribution in [3.8, 4) is 0 Å². The molecule has 0 bridgehead atoms. The van der Waals surface area contributed by atoms with Gasteiger partial charge in [-0.2, -0.15) is 0 Å². The Morgan fingerprint density at radius 3 is 3.00 bits per heavy atom. The van der Waals surface area contributed by atoms with Gasteiger partial charge >= 0.3 is 0 Å². The Kier molecular flexibility index (Phi) is 4.54. The number of fused-ring (bicyclic) bond motifs is 1. The maximum absolute atomic E-state index is 6.15. The van der Waals surface area contributed by atoms with Crippen molar-refractivity contribution in [1.29, 1.82) is 0 Å². The Morgan fingerprint density at radius 1 is 1.35 bits per heavy atom. The number of rotatable bonds is 6. The van der Waals surface area contributed by atoms with Crippen LogP contribution in [0.25, 0.3) is 10.1 Å². The summed E-state index contributed by atoms with van der Waals surface area (Å²) >= 11 is 1.80. The first-order chi connectivity index (χ1) is 8.31. The van der Waals surface area contributed by atoms with Gasteiger partial charge in [-0.25, -0.2) is 0 Å². The van der Waals surface area contributed by atoms with Gasteiger partial charge < -0.3 is 10.5 Å². The van der Waals surface area contributed by atoms with Crippen molar-refractivity contribution in [2.75, 3.05) is 13.7 Å². The van der Waals surface area contributed by atoms with Crippen molar-refractivity contribution in [2.45, 2.75) is 25.3 Å². The predicted octanol–water partition coefficient (Wildman–Crippen LogP) is 3.20. The Labute approximate surface area is 106 Å². The first-order valence-electron chi connectivity index (χ1n) is 6.01. The van der Waals surface area contributed by atoms with Crippen LogP contribution < -0.4 is 5.73 Å². The minimum Gasteiger partial charge on any atom is -0.385 e. The summed E-state index contributed by atoms with van der Waals surface area (Å²) in [4.78, 5) is 0. The van der Waals surface area contributed by atoms with Crippen LogP contribution in [-0.2, 0) is 11.2 Å². The second-order valence-corrected chi connectivity index (χ2v) is 5.27. The van der Waals surface area contributed by atoms with Gasteiger partial charge in [0.1, 0.15) is 0 Å². The molecule has 1 aromatic heterocycles. The normalized spacial score (nSPS) is 13.1. The topological polar surface area (TPSA) is 35.2 Å². The van der Waals surface area contributed by atoms with Crippen LogP contribution in [-0.4, -0.2) is 19.8 Å². The van der Waals surface area contributed by atoms with E-state index < -0.39 is 0 Å². The zero-order chi connectivity index (χ0) is 12.1. The molecule has 1 atom stereocenters. The van der Waals surface area contributed by atoms with Crippen molar-refractivity contribution >= 4 is 21.4 Å². The van der Waals surface area contributed by atoms with Crippen molar-refractivity contribution in [3.05, 3.63) is 35.2 Å². The van der Waals surface area contributed by atoms with E-state index >= 15 is 0 Å². The van der Waals surface area contributed by atoms with Crippen molar-refractivity contribution in [3.63, 3.8) is 0 Å². The molecule has 1 unspecified atom stereocenters. The highest BCUT2D eigenvalue weighted by Crippen LogP contribution is 2.26. The summed E-state index contributed by atoms with van der Waals surface area (Å²) in [6, 6.07) is 8.77. The molecule has 17 heavy (non-hydrogen) atoms. The van der Waals surface area contributed by atoms with E-state index in [0.29, 0.717) is 0 Å². The highest BCUT2D eigenvalue weighted by Gasteiger charge is 2.08. The zero-order valence-electron chi connectivity index (χ0n) is 10.2. The number of methoxy groups -OCH3 is 1. The summed E-state index contributed by atoms with van der Waals surface area (Å²) in [7, 11) is 1.73. The third kappa shape index (κ3) is 3.28. The summed E-state index contributed by atoms with van der Waals surface area (Å²) in [5, 5.41) is 3.60. The van der Waals surface area contributed by atoms with Gasteiger partial charge in [0.15, 0.2) is 0 Å². The van der Waals surface area contributed by atoms with Gasteiger partial charge in [-0.1, -0.05) is 18.2 Å². The van der Waals surface area contributed by atoms with Gasteiger partial charge in [-0.05, 0) is 41.7 Å². The Hall–Kier alpha value is -0.900. The van der Waals surface area contributed by atoms with Crippen LogP contribution in [0.3, 0.4) is 0 Å². The molecule has 2 aromatic rings. The average molecular weight is 249 g/mol. The molecule has 0 saturated carbocycles. The molecule has 2 rings (SSSR count). The number of nitrogens with two attached hydrogens (primary N) is 1. The maximum atomic E-state index is 6.15. The van der Waals surface area contributed by atoms with E-state index in [9.17, 15) is 0 Å². The molecule has 2 N–H and O–H groups in total. The fraction of sp³-hybridized carbons (Fsp3) is 0.429. The lowest BCUT2D eigenvalue weighted by atomic mass is 10.0. The molecule has 0 spiro atoms. The fourth-order valence-electron chi connectivity index (χ4n) is 2.07. The monoisotopic (exact) mass is 249 g/mol. The molecule has 1 heterocycles. The smallest absolute Gasteiger partial charge is 0.0462 e. The van der Waals surface area contributed by atoms with Crippen LogP contribution in [0.1, 0.15) is 18.4 Å². The molecule has 2 nitrogen and oxygen atoms in total. The lowest BCUT2D eigenvalue weighted by Gasteiger charge is -2.10. The van der Waals surface area contributed by atoms with Crippen LogP contribution in [0.15, 0.2) is 29.6 Å². The van der Waals surface area contributed by atoms with Gasteiger partial charge in [0, 0.05) is 24.5 Å². The van der Waals surface area contributed by atoms with Crippen molar-refractivity contribution in [1.82, 2.24) is 0 Å². The number of hydrogen-bond acceptors (Lipinski definition) is 3. The lowest BCUT2D eigenvalue weighted by molar-refractivity contribution is 0.190. The Morgan fingerprint density at radius 2 is 2.18 bits per heavy atom. The van der Waals surface area contributed by atoms with Crippen LogP contribution in [0.5, 0.6) is 0 Å². The molecule has 0 saturated heterocycles. The van der Waals surface area contributed by atoms with Crippen LogP contribution in [0, 0.1) is 0 Å². The van der Waals surface area contributed by atoms with Gasteiger partial charge in [0.25, 0.3) is 0 Å². The Bertz CT molecular complexity index is 466. The minimum absolute atomic E-state index is 0.239. The Balaban J connectivity index is 1.98. The summed E-state index contributed by atoms with van der Waals surface area (Å²) in [5.41, 5.74) is 7.53. The highest BCUT2D eigenvalue weighted by atomic mass is 32.1. The molecule has 0 aliphatic carbocycles. The van der Waals surface area contributed by atoms with Crippen molar-refractivity contribution < 1.29 is 4.74 Å². The molecule has 0 amide bonds. The summed E-state index contributed by atoms with van der Waals surface area (Å²) in [6.07, 6.45) is 3.03. The summed E-state index contributed by atoms with van der Waals surface area (Å²) < 4.78 is 6.40. The van der Waals surface area contributed by atoms with E-state index in [1.807, 2.05) is 0 Å². The molecule has 3 heteroatoms. The number of benzene rings is 1. The molecule has 0 aliphatic heterocycles. The molecule has 0 fully saturated rings. The van der Waals surface area contributed by atoms with E-state index in [2.05, 4.69) is 29.6 Å². The first-order valence-corrected chi connectivity index (χ1v) is 6.89. The average Bonchev–Trinajstić information content (AvgIpc) is 2.73. The summed E-state index contributed by atoms with van der Waals surface area (Å²) in [6.45, 7) is 0.804. The van der Waals surface area contributed by atoms with E-state index in [4.69, 9.17) is 10.5 Å². The molecular formula is C14H19NOS. The van der Waals surface area contributed by atoms with Gasteiger partial charge in [-0.15, -0.1) is 11.3 Å². The molecule has 1 aromatic carbocycles. The quantitative estimate of drug-likeness (QED) is 0.798. The highest BCUT2D eigenvalue weighted by molar-refractivity contribution is 7.17. The number of thiophene rings is 1. The third-order valence-corrected chi connectivity index (χ3v) is 3.98. The predicted molar refractivity (Wildman–Crippen MR) is 74.6 cm³/mol. The lowest BCUT2D eigenvalue weighted by Crippen LogP contribution is -2.23. The first kappa shape index (κ1) is 12.6. The van der Waals surface area contributed by atoms with Crippen molar-refractivity contribution in [2.24, 2.45) is 5.73 Å². The maximum Gasteiger partial charge on any atom is 0.0462 e. The van der Waals surface area contributed by atoms with Gasteiger partial charge in [-0.3, -0.25) is 0 Å². The van der Waals surface area contributed by atoms with E-state index in [-0.39, 0.29) is 6.04 Å². The zero-order valence-corrected chi connectivity index (χ0v) is 11.0. The standard InChI is InChI=1S/C14H19NOS/c1-16-8-4-5-12(15)9-11-10-17-14-7-3-2-6-13(11)14/h2-3,6-7,10,12H,4-5,8-9,15H2,1H3. The van der Waals surface area contributed by atoms with E-state index in [0.717, 1.165) is 25.9 Å². The number of hydrogen-bond donors (Lipinski definition) is 1. The van der Waals surface area contributed by atoms with Gasteiger partial charge in [0.05, 0.1) is 0 Å². The van der Waals surface area contributed by atoms with E-state index in [1.54, 1.807) is 18.4 Å². The second-order valence-electron chi connectivity index (χ2n) is 4.36. The SMILES string of the molecule is COCCCC(N)Cc1csc2ccccc12. The molecule has 0 radical (unpaired) electrons. The largest absolute Gasteiger partial charge is 0.385 e. The van der Waals surface area contributed by atoms with Crippen LogP contribution >= 0.6 is 11.3 Å². The van der Waals surface area contributed by atoms with Crippen LogP contribution in [0.4, 0.5) is 0 Å². The van der Waals surface area contributed by atoms with E-state index in [1.165, 1.54) is 15.6 Å².